The Balaban J connectivity index is 1.85. The topological polar surface area (TPSA) is 117 Å². The Morgan fingerprint density at radius 3 is 2.14 bits per heavy atom. The largest absolute Gasteiger partial charge is 0.507 e. The SMILES string of the molecule is CCOc1ccc(/C(O)=C2\C(=O)C(=O)N(c3ccc(C#N)cc3)C2c2ccc(OC(C)=O)cc2)cc1. The van der Waals surface area contributed by atoms with Gasteiger partial charge in [0.05, 0.1) is 29.9 Å². The number of nitriles is 1. The maximum absolute atomic E-state index is 13.2. The van der Waals surface area contributed by atoms with E-state index in [0.29, 0.717) is 40.5 Å². The summed E-state index contributed by atoms with van der Waals surface area (Å²) >= 11 is 0. The number of ketones is 1. The molecular weight excluding hydrogens is 460 g/mol. The van der Waals surface area contributed by atoms with Gasteiger partial charge in [-0.15, -0.1) is 0 Å². The van der Waals surface area contributed by atoms with E-state index in [4.69, 9.17) is 14.7 Å². The van der Waals surface area contributed by atoms with Gasteiger partial charge >= 0.3 is 5.97 Å². The molecule has 0 aliphatic carbocycles. The molecule has 4 rings (SSSR count). The molecule has 0 bridgehead atoms. The van der Waals surface area contributed by atoms with Crippen molar-refractivity contribution in [3.8, 4) is 17.6 Å². The standard InChI is InChI=1S/C28H22N2O6/c1-3-35-22-12-8-20(9-13-22)26(32)24-25(19-6-14-23(15-7-19)36-17(2)31)30(28(34)27(24)33)21-10-4-18(16-29)5-11-21/h4-15,25,32H,3H2,1-2H3/b26-24+. The van der Waals surface area contributed by atoms with Crippen LogP contribution in [0, 0.1) is 11.3 Å². The van der Waals surface area contributed by atoms with Gasteiger partial charge in [-0.3, -0.25) is 19.3 Å². The molecule has 1 N–H and O–H groups in total. The van der Waals surface area contributed by atoms with E-state index in [9.17, 15) is 19.5 Å². The van der Waals surface area contributed by atoms with Crippen molar-refractivity contribution in [1.29, 1.82) is 5.26 Å². The quantitative estimate of drug-likeness (QED) is 0.181. The number of hydrogen-bond acceptors (Lipinski definition) is 7. The summed E-state index contributed by atoms with van der Waals surface area (Å²) in [6.07, 6.45) is 0. The van der Waals surface area contributed by atoms with Gasteiger partial charge in [0.25, 0.3) is 11.7 Å². The first-order valence-electron chi connectivity index (χ1n) is 11.2. The van der Waals surface area contributed by atoms with Crippen LogP contribution in [0.15, 0.2) is 78.4 Å². The Labute approximate surface area is 207 Å². The molecule has 1 saturated heterocycles. The molecule has 1 amide bonds. The van der Waals surface area contributed by atoms with Crippen LogP contribution in [0.3, 0.4) is 0 Å². The van der Waals surface area contributed by atoms with E-state index in [2.05, 4.69) is 0 Å². The molecule has 3 aromatic rings. The third-order valence-electron chi connectivity index (χ3n) is 5.62. The van der Waals surface area contributed by atoms with Crippen LogP contribution in [-0.4, -0.2) is 29.4 Å². The molecule has 0 saturated carbocycles. The second kappa shape index (κ2) is 10.2. The molecule has 1 aliphatic rings. The van der Waals surface area contributed by atoms with Gasteiger partial charge in [-0.1, -0.05) is 12.1 Å². The lowest BCUT2D eigenvalue weighted by atomic mass is 9.95. The summed E-state index contributed by atoms with van der Waals surface area (Å²) in [5, 5.41) is 20.3. The van der Waals surface area contributed by atoms with Gasteiger partial charge in [-0.2, -0.15) is 5.26 Å². The highest BCUT2D eigenvalue weighted by Crippen LogP contribution is 2.42. The average Bonchev–Trinajstić information content (AvgIpc) is 3.14. The first-order chi connectivity index (χ1) is 17.3. The van der Waals surface area contributed by atoms with Crippen molar-refractivity contribution in [3.05, 3.63) is 95.1 Å². The summed E-state index contributed by atoms with van der Waals surface area (Å²) < 4.78 is 10.5. The summed E-state index contributed by atoms with van der Waals surface area (Å²) in [7, 11) is 0. The van der Waals surface area contributed by atoms with Crippen LogP contribution < -0.4 is 14.4 Å². The van der Waals surface area contributed by atoms with E-state index >= 15 is 0 Å². The highest BCUT2D eigenvalue weighted by Gasteiger charge is 2.47. The average molecular weight is 482 g/mol. The Morgan fingerprint density at radius 2 is 1.58 bits per heavy atom. The molecule has 1 unspecified atom stereocenters. The number of carbonyl (C=O) groups excluding carboxylic acids is 3. The first-order valence-corrected chi connectivity index (χ1v) is 11.2. The van der Waals surface area contributed by atoms with Crippen LogP contribution in [0.4, 0.5) is 5.69 Å². The summed E-state index contributed by atoms with van der Waals surface area (Å²) in [5.74, 6) is -1.58. The zero-order chi connectivity index (χ0) is 25.8. The van der Waals surface area contributed by atoms with Gasteiger partial charge in [0.1, 0.15) is 17.3 Å². The number of amides is 1. The fraction of sp³-hybridized carbons (Fsp3) is 0.143. The van der Waals surface area contributed by atoms with Crippen LogP contribution in [0.5, 0.6) is 11.5 Å². The Morgan fingerprint density at radius 1 is 0.972 bits per heavy atom. The third kappa shape index (κ3) is 4.68. The normalized spacial score (nSPS) is 16.5. The molecule has 1 fully saturated rings. The van der Waals surface area contributed by atoms with Crippen LogP contribution in [0.2, 0.25) is 0 Å². The predicted molar refractivity (Wildman–Crippen MR) is 131 cm³/mol. The number of carbonyl (C=O) groups is 3. The number of nitrogens with zero attached hydrogens (tertiary/aromatic N) is 2. The number of ether oxygens (including phenoxy) is 2. The molecule has 0 spiro atoms. The highest BCUT2D eigenvalue weighted by atomic mass is 16.5. The van der Waals surface area contributed by atoms with Gasteiger partial charge in [0, 0.05) is 18.2 Å². The molecule has 8 nitrogen and oxygen atoms in total. The van der Waals surface area contributed by atoms with E-state index < -0.39 is 23.7 Å². The molecule has 1 aliphatic heterocycles. The fourth-order valence-electron chi connectivity index (χ4n) is 4.03. The molecule has 3 aromatic carbocycles. The van der Waals surface area contributed by atoms with Crippen molar-refractivity contribution in [1.82, 2.24) is 0 Å². The lowest BCUT2D eigenvalue weighted by Gasteiger charge is -2.25. The lowest BCUT2D eigenvalue weighted by Crippen LogP contribution is -2.29. The number of benzene rings is 3. The molecule has 0 aromatic heterocycles. The number of rotatable bonds is 6. The minimum Gasteiger partial charge on any atom is -0.507 e. The summed E-state index contributed by atoms with van der Waals surface area (Å²) in [4.78, 5) is 39.0. The van der Waals surface area contributed by atoms with Gasteiger partial charge < -0.3 is 14.6 Å². The maximum atomic E-state index is 13.2. The third-order valence-corrected chi connectivity index (χ3v) is 5.62. The van der Waals surface area contributed by atoms with Crippen molar-refractivity contribution in [2.75, 3.05) is 11.5 Å². The Hall–Kier alpha value is -4.90. The van der Waals surface area contributed by atoms with Crippen molar-refractivity contribution < 1.29 is 29.0 Å². The molecule has 36 heavy (non-hydrogen) atoms. The van der Waals surface area contributed by atoms with Crippen molar-refractivity contribution in [3.63, 3.8) is 0 Å². The Kier molecular flexibility index (Phi) is 6.84. The molecule has 1 heterocycles. The van der Waals surface area contributed by atoms with Crippen molar-refractivity contribution in [2.24, 2.45) is 0 Å². The van der Waals surface area contributed by atoms with Gasteiger partial charge in [-0.05, 0) is 73.2 Å². The van der Waals surface area contributed by atoms with Crippen LogP contribution in [0.1, 0.15) is 36.6 Å². The Bertz CT molecular complexity index is 1380. The molecule has 1 atom stereocenters. The van der Waals surface area contributed by atoms with Crippen LogP contribution >= 0.6 is 0 Å². The number of aliphatic hydroxyl groups is 1. The molecule has 180 valence electrons. The molecule has 8 heteroatoms. The van der Waals surface area contributed by atoms with Crippen molar-refractivity contribution >= 4 is 29.1 Å². The molecule has 0 radical (unpaired) electrons. The number of aliphatic hydroxyl groups excluding tert-OH is 1. The second-order valence-electron chi connectivity index (χ2n) is 7.95. The fourth-order valence-corrected chi connectivity index (χ4v) is 4.03. The predicted octanol–water partition coefficient (Wildman–Crippen LogP) is 4.51. The highest BCUT2D eigenvalue weighted by molar-refractivity contribution is 6.51. The van der Waals surface area contributed by atoms with E-state index in [1.54, 1.807) is 72.8 Å². The van der Waals surface area contributed by atoms with Crippen LogP contribution in [0.25, 0.3) is 5.76 Å². The monoisotopic (exact) mass is 482 g/mol. The summed E-state index contributed by atoms with van der Waals surface area (Å²) in [6, 6.07) is 20.2. The number of anilines is 1. The number of hydrogen-bond donors (Lipinski definition) is 1. The maximum Gasteiger partial charge on any atom is 0.308 e. The van der Waals surface area contributed by atoms with E-state index in [1.165, 1.54) is 11.8 Å². The van der Waals surface area contributed by atoms with E-state index in [-0.39, 0.29) is 11.3 Å². The zero-order valence-electron chi connectivity index (χ0n) is 19.6. The molecular formula is C28H22N2O6. The minimum atomic E-state index is -0.962. The number of esters is 1. The first kappa shape index (κ1) is 24.2. The second-order valence-corrected chi connectivity index (χ2v) is 7.95. The van der Waals surface area contributed by atoms with Gasteiger partial charge in [0.2, 0.25) is 0 Å². The zero-order valence-corrected chi connectivity index (χ0v) is 19.6. The lowest BCUT2D eigenvalue weighted by molar-refractivity contribution is -0.132. The van der Waals surface area contributed by atoms with Crippen molar-refractivity contribution in [2.45, 2.75) is 19.9 Å². The summed E-state index contributed by atoms with van der Waals surface area (Å²) in [5.41, 5.74) is 1.55. The minimum absolute atomic E-state index is 0.0891. The van der Waals surface area contributed by atoms with Crippen LogP contribution in [-0.2, 0) is 14.4 Å². The van der Waals surface area contributed by atoms with Gasteiger partial charge in [0.15, 0.2) is 0 Å². The van der Waals surface area contributed by atoms with Gasteiger partial charge in [-0.25, -0.2) is 0 Å². The number of Topliss-reactive ketones (excluding diaryl/α,β-unsaturated/α-hetero) is 1. The van der Waals surface area contributed by atoms with E-state index in [0.717, 1.165) is 0 Å². The summed E-state index contributed by atoms with van der Waals surface area (Å²) in [6.45, 7) is 3.61. The smallest absolute Gasteiger partial charge is 0.308 e. The van der Waals surface area contributed by atoms with E-state index in [1.807, 2.05) is 13.0 Å².